The Morgan fingerprint density at radius 3 is 2.93 bits per heavy atom. The third-order valence-corrected chi connectivity index (χ3v) is 4.10. The first-order valence-corrected chi connectivity index (χ1v) is 5.55. The van der Waals surface area contributed by atoms with Crippen molar-refractivity contribution >= 4 is 11.6 Å². The number of hydrogen-bond donors (Lipinski definition) is 0. The first-order valence-electron chi connectivity index (χ1n) is 5.11. The Hall–Kier alpha value is -0.690. The van der Waals surface area contributed by atoms with Crippen molar-refractivity contribution < 1.29 is 4.74 Å². The highest BCUT2D eigenvalue weighted by molar-refractivity contribution is 6.21. The van der Waals surface area contributed by atoms with Gasteiger partial charge >= 0.3 is 0 Å². The molecular weight excluding hydrogens is 196 g/mol. The van der Waals surface area contributed by atoms with Crippen molar-refractivity contribution in [2.75, 3.05) is 7.11 Å². The lowest BCUT2D eigenvalue weighted by atomic mass is 9.91. The van der Waals surface area contributed by atoms with E-state index in [1.165, 1.54) is 17.5 Å². The molecule has 1 fully saturated rings. The average Bonchev–Trinajstić information content (AvgIpc) is 2.74. The molecule has 0 spiro atoms. The average molecular weight is 209 g/mol. The van der Waals surface area contributed by atoms with Crippen LogP contribution >= 0.6 is 11.6 Å². The minimum Gasteiger partial charge on any atom is -0.497 e. The topological polar surface area (TPSA) is 9.23 Å². The van der Waals surface area contributed by atoms with Gasteiger partial charge in [-0.1, -0.05) is 6.07 Å². The third-order valence-electron chi connectivity index (χ3n) is 3.62. The fraction of sp³-hybridized carbons (Fsp3) is 0.500. The van der Waals surface area contributed by atoms with Gasteiger partial charge in [0, 0.05) is 11.3 Å². The Morgan fingerprint density at radius 1 is 1.29 bits per heavy atom. The zero-order chi connectivity index (χ0) is 9.71. The van der Waals surface area contributed by atoms with Crippen LogP contribution in [0.1, 0.15) is 35.8 Å². The fourth-order valence-corrected chi connectivity index (χ4v) is 3.39. The summed E-state index contributed by atoms with van der Waals surface area (Å²) in [6.07, 6.45) is 2.40. The summed E-state index contributed by atoms with van der Waals surface area (Å²) in [5.41, 5.74) is 2.94. The van der Waals surface area contributed by atoms with E-state index in [1.54, 1.807) is 7.11 Å². The molecule has 1 aromatic rings. The van der Waals surface area contributed by atoms with Gasteiger partial charge in [-0.25, -0.2) is 0 Å². The number of fused-ring (bicyclic) bond motifs is 5. The highest BCUT2D eigenvalue weighted by atomic mass is 35.5. The zero-order valence-corrected chi connectivity index (χ0v) is 8.92. The highest BCUT2D eigenvalue weighted by Gasteiger charge is 2.42. The minimum atomic E-state index is 0.347. The molecular formula is C12H13ClO. The second-order valence-electron chi connectivity index (χ2n) is 4.29. The van der Waals surface area contributed by atoms with Crippen LogP contribution in [-0.2, 0) is 0 Å². The lowest BCUT2D eigenvalue weighted by molar-refractivity contribution is 0.413. The van der Waals surface area contributed by atoms with Crippen LogP contribution in [0.15, 0.2) is 18.2 Å². The number of halogens is 1. The second kappa shape index (κ2) is 2.90. The molecule has 14 heavy (non-hydrogen) atoms. The number of rotatable bonds is 1. The molecule has 0 aromatic heterocycles. The molecule has 0 amide bonds. The standard InChI is InChI=1S/C12H13ClO/c1-14-8-2-3-9-7-4-11(10(9)6-8)12(13)5-7/h2-3,6-7,11-12H,4-5H2,1H3/t7-,11-,12+/m0/s1. The van der Waals surface area contributed by atoms with Gasteiger partial charge in [0.2, 0.25) is 0 Å². The van der Waals surface area contributed by atoms with E-state index in [4.69, 9.17) is 16.3 Å². The van der Waals surface area contributed by atoms with Gasteiger partial charge in [-0.05, 0) is 42.0 Å². The number of ether oxygens (including phenoxy) is 1. The van der Waals surface area contributed by atoms with Gasteiger partial charge in [-0.15, -0.1) is 11.6 Å². The summed E-state index contributed by atoms with van der Waals surface area (Å²) in [7, 11) is 1.72. The van der Waals surface area contributed by atoms with Crippen LogP contribution in [0.25, 0.3) is 0 Å². The predicted molar refractivity (Wildman–Crippen MR) is 57.4 cm³/mol. The molecule has 1 saturated carbocycles. The molecule has 1 aromatic carbocycles. The molecule has 2 heteroatoms. The van der Waals surface area contributed by atoms with Gasteiger partial charge in [-0.3, -0.25) is 0 Å². The summed E-state index contributed by atoms with van der Waals surface area (Å²) in [6, 6.07) is 6.43. The van der Waals surface area contributed by atoms with Crippen LogP contribution < -0.4 is 4.74 Å². The van der Waals surface area contributed by atoms with Gasteiger partial charge in [0.1, 0.15) is 5.75 Å². The number of hydrogen-bond acceptors (Lipinski definition) is 1. The normalized spacial score (nSPS) is 33.1. The summed E-state index contributed by atoms with van der Waals surface area (Å²) < 4.78 is 5.24. The van der Waals surface area contributed by atoms with Crippen LogP contribution in [-0.4, -0.2) is 12.5 Å². The Balaban J connectivity index is 2.09. The minimum absolute atomic E-state index is 0.347. The van der Waals surface area contributed by atoms with E-state index < -0.39 is 0 Å². The third kappa shape index (κ3) is 1.02. The SMILES string of the molecule is COc1ccc2c(c1)[C@@H]1C[C@H]2C[C@H]1Cl. The van der Waals surface area contributed by atoms with E-state index in [9.17, 15) is 0 Å². The van der Waals surface area contributed by atoms with Gasteiger partial charge < -0.3 is 4.74 Å². The molecule has 2 bridgehead atoms. The van der Waals surface area contributed by atoms with Crippen LogP contribution in [0.3, 0.4) is 0 Å². The van der Waals surface area contributed by atoms with E-state index in [2.05, 4.69) is 18.2 Å². The molecule has 74 valence electrons. The van der Waals surface area contributed by atoms with Gasteiger partial charge in [0.05, 0.1) is 7.11 Å². The van der Waals surface area contributed by atoms with Crippen molar-refractivity contribution in [1.29, 1.82) is 0 Å². The molecule has 0 heterocycles. The Morgan fingerprint density at radius 2 is 2.14 bits per heavy atom. The summed E-state index contributed by atoms with van der Waals surface area (Å²) in [6.45, 7) is 0. The molecule has 0 unspecified atom stereocenters. The summed E-state index contributed by atoms with van der Waals surface area (Å²) in [4.78, 5) is 0. The summed E-state index contributed by atoms with van der Waals surface area (Å²) in [5, 5.41) is 0.347. The highest BCUT2D eigenvalue weighted by Crippen LogP contribution is 2.55. The molecule has 0 aliphatic heterocycles. The molecule has 2 aliphatic rings. The van der Waals surface area contributed by atoms with E-state index >= 15 is 0 Å². The largest absolute Gasteiger partial charge is 0.497 e. The maximum absolute atomic E-state index is 6.29. The number of alkyl halides is 1. The smallest absolute Gasteiger partial charge is 0.119 e. The molecule has 3 atom stereocenters. The lowest BCUT2D eigenvalue weighted by Crippen LogP contribution is -2.09. The van der Waals surface area contributed by atoms with Crippen molar-refractivity contribution in [3.63, 3.8) is 0 Å². The second-order valence-corrected chi connectivity index (χ2v) is 4.85. The number of methoxy groups -OCH3 is 1. The molecule has 0 saturated heterocycles. The van der Waals surface area contributed by atoms with Crippen LogP contribution in [0.4, 0.5) is 0 Å². The monoisotopic (exact) mass is 208 g/mol. The van der Waals surface area contributed by atoms with Crippen LogP contribution in [0.2, 0.25) is 0 Å². The van der Waals surface area contributed by atoms with E-state index in [1.807, 2.05) is 0 Å². The van der Waals surface area contributed by atoms with Gasteiger partial charge in [0.15, 0.2) is 0 Å². The quantitative estimate of drug-likeness (QED) is 0.644. The first-order chi connectivity index (χ1) is 6.79. The maximum Gasteiger partial charge on any atom is 0.119 e. The van der Waals surface area contributed by atoms with E-state index in [0.717, 1.165) is 12.2 Å². The van der Waals surface area contributed by atoms with E-state index in [-0.39, 0.29) is 0 Å². The van der Waals surface area contributed by atoms with Crippen molar-refractivity contribution in [2.45, 2.75) is 30.1 Å². The predicted octanol–water partition coefficient (Wildman–Crippen LogP) is 3.28. The van der Waals surface area contributed by atoms with Crippen molar-refractivity contribution in [2.24, 2.45) is 0 Å². The van der Waals surface area contributed by atoms with Gasteiger partial charge in [-0.2, -0.15) is 0 Å². The molecule has 0 N–H and O–H groups in total. The Kier molecular flexibility index (Phi) is 1.78. The lowest BCUT2D eigenvalue weighted by Gasteiger charge is -2.19. The Bertz CT molecular complexity index is 375. The van der Waals surface area contributed by atoms with E-state index in [0.29, 0.717) is 17.2 Å². The molecule has 1 nitrogen and oxygen atoms in total. The van der Waals surface area contributed by atoms with Crippen molar-refractivity contribution in [3.05, 3.63) is 29.3 Å². The molecule has 0 radical (unpaired) electrons. The molecule has 2 aliphatic carbocycles. The van der Waals surface area contributed by atoms with Crippen LogP contribution in [0.5, 0.6) is 5.75 Å². The summed E-state index contributed by atoms with van der Waals surface area (Å²) in [5.74, 6) is 2.25. The van der Waals surface area contributed by atoms with Gasteiger partial charge in [0.25, 0.3) is 0 Å². The fourth-order valence-electron chi connectivity index (χ4n) is 2.93. The molecule has 3 rings (SSSR count). The van der Waals surface area contributed by atoms with Crippen molar-refractivity contribution in [3.8, 4) is 5.75 Å². The first kappa shape index (κ1) is 8.60. The summed E-state index contributed by atoms with van der Waals surface area (Å²) >= 11 is 6.29. The Labute approximate surface area is 89.0 Å². The van der Waals surface area contributed by atoms with Crippen LogP contribution in [0, 0.1) is 0 Å². The zero-order valence-electron chi connectivity index (χ0n) is 8.16. The number of benzene rings is 1. The van der Waals surface area contributed by atoms with Crippen molar-refractivity contribution in [1.82, 2.24) is 0 Å². The maximum atomic E-state index is 6.29.